The third-order valence-electron chi connectivity index (χ3n) is 4.37. The topological polar surface area (TPSA) is 45.5 Å². The molecule has 0 radical (unpaired) electrons. The molecular formula is C17H22N2O2S. The Hall–Kier alpha value is -1.59. The zero-order valence-electron chi connectivity index (χ0n) is 12.8. The predicted octanol–water partition coefficient (Wildman–Crippen LogP) is 3.54. The predicted molar refractivity (Wildman–Crippen MR) is 88.1 cm³/mol. The van der Waals surface area contributed by atoms with Crippen LogP contribution in [-0.2, 0) is 0 Å². The van der Waals surface area contributed by atoms with Gasteiger partial charge in [-0.3, -0.25) is 9.69 Å². The van der Waals surface area contributed by atoms with E-state index in [1.807, 2.05) is 0 Å². The number of hydrogen-bond donors (Lipinski definition) is 1. The number of likely N-dealkylation sites (tertiary alicyclic amines) is 1. The molecular weight excluding hydrogens is 296 g/mol. The van der Waals surface area contributed by atoms with Crippen molar-refractivity contribution in [2.45, 2.75) is 25.8 Å². The van der Waals surface area contributed by atoms with Crippen LogP contribution in [0, 0.1) is 5.92 Å². The van der Waals surface area contributed by atoms with Crippen molar-refractivity contribution in [1.82, 2.24) is 10.2 Å². The first kappa shape index (κ1) is 15.3. The first-order valence-electron chi connectivity index (χ1n) is 7.82. The Morgan fingerprint density at radius 3 is 2.91 bits per heavy atom. The summed E-state index contributed by atoms with van der Waals surface area (Å²) >= 11 is 1.76. The molecule has 0 spiro atoms. The van der Waals surface area contributed by atoms with Crippen LogP contribution in [-0.4, -0.2) is 30.4 Å². The number of carbonyl (C=O) groups excluding carboxylic acids is 1. The summed E-state index contributed by atoms with van der Waals surface area (Å²) in [5.74, 6) is 0.737. The number of thiophene rings is 1. The molecule has 1 atom stereocenters. The SMILES string of the molecule is CC1CCN([C@@H](CNC(=O)c2ccoc2)c2cccs2)CC1. The number of amides is 1. The van der Waals surface area contributed by atoms with Crippen LogP contribution in [0.2, 0.25) is 0 Å². The lowest BCUT2D eigenvalue weighted by Crippen LogP contribution is -2.41. The van der Waals surface area contributed by atoms with Crippen molar-refractivity contribution in [1.29, 1.82) is 0 Å². The average Bonchev–Trinajstić information content (AvgIpc) is 3.22. The zero-order chi connectivity index (χ0) is 15.4. The summed E-state index contributed by atoms with van der Waals surface area (Å²) in [7, 11) is 0. The highest BCUT2D eigenvalue weighted by Crippen LogP contribution is 2.29. The van der Waals surface area contributed by atoms with E-state index in [1.165, 1.54) is 30.2 Å². The van der Waals surface area contributed by atoms with Crippen LogP contribution >= 0.6 is 11.3 Å². The Balaban J connectivity index is 1.65. The van der Waals surface area contributed by atoms with E-state index in [-0.39, 0.29) is 11.9 Å². The van der Waals surface area contributed by atoms with Gasteiger partial charge in [-0.15, -0.1) is 11.3 Å². The monoisotopic (exact) mass is 318 g/mol. The third kappa shape index (κ3) is 3.59. The Morgan fingerprint density at radius 2 is 2.27 bits per heavy atom. The van der Waals surface area contributed by atoms with Gasteiger partial charge < -0.3 is 9.73 Å². The Bertz CT molecular complexity index is 572. The lowest BCUT2D eigenvalue weighted by atomic mass is 9.97. The van der Waals surface area contributed by atoms with Gasteiger partial charge in [-0.2, -0.15) is 0 Å². The van der Waals surface area contributed by atoms with Gasteiger partial charge in [0.2, 0.25) is 0 Å². The quantitative estimate of drug-likeness (QED) is 0.917. The van der Waals surface area contributed by atoms with Crippen LogP contribution in [0.1, 0.15) is 41.0 Å². The van der Waals surface area contributed by atoms with Crippen LogP contribution in [0.3, 0.4) is 0 Å². The summed E-state index contributed by atoms with van der Waals surface area (Å²) in [5, 5.41) is 5.15. The molecule has 1 saturated heterocycles. The highest BCUT2D eigenvalue weighted by molar-refractivity contribution is 7.10. The van der Waals surface area contributed by atoms with E-state index in [0.29, 0.717) is 12.1 Å². The maximum atomic E-state index is 12.1. The molecule has 0 aromatic carbocycles. The van der Waals surface area contributed by atoms with Crippen LogP contribution in [0.4, 0.5) is 0 Å². The molecule has 4 nitrogen and oxygen atoms in total. The minimum atomic E-state index is -0.0688. The number of carbonyl (C=O) groups is 1. The molecule has 0 aliphatic carbocycles. The van der Waals surface area contributed by atoms with E-state index in [2.05, 4.69) is 34.7 Å². The van der Waals surface area contributed by atoms with E-state index >= 15 is 0 Å². The molecule has 2 aromatic heterocycles. The van der Waals surface area contributed by atoms with E-state index in [0.717, 1.165) is 19.0 Å². The number of rotatable bonds is 5. The number of nitrogens with one attached hydrogen (secondary N) is 1. The fraction of sp³-hybridized carbons (Fsp3) is 0.471. The van der Waals surface area contributed by atoms with Crippen molar-refractivity contribution < 1.29 is 9.21 Å². The average molecular weight is 318 g/mol. The Morgan fingerprint density at radius 1 is 1.45 bits per heavy atom. The molecule has 1 N–H and O–H groups in total. The first-order chi connectivity index (χ1) is 10.7. The van der Waals surface area contributed by atoms with E-state index in [9.17, 15) is 4.79 Å². The van der Waals surface area contributed by atoms with Gasteiger partial charge in [-0.25, -0.2) is 0 Å². The molecule has 22 heavy (non-hydrogen) atoms. The van der Waals surface area contributed by atoms with E-state index in [1.54, 1.807) is 17.4 Å². The largest absolute Gasteiger partial charge is 0.472 e. The van der Waals surface area contributed by atoms with E-state index in [4.69, 9.17) is 4.42 Å². The normalized spacial score (nSPS) is 18.2. The minimum Gasteiger partial charge on any atom is -0.472 e. The van der Waals surface area contributed by atoms with Gasteiger partial charge in [-0.1, -0.05) is 13.0 Å². The van der Waals surface area contributed by atoms with E-state index < -0.39 is 0 Å². The molecule has 118 valence electrons. The minimum absolute atomic E-state index is 0.0688. The molecule has 0 bridgehead atoms. The van der Waals surface area contributed by atoms with Crippen LogP contribution in [0.25, 0.3) is 0 Å². The molecule has 1 aliphatic heterocycles. The van der Waals surface area contributed by atoms with Crippen molar-refractivity contribution in [2.24, 2.45) is 5.92 Å². The summed E-state index contributed by atoms with van der Waals surface area (Å²) in [6.45, 7) is 5.16. The van der Waals surface area contributed by atoms with Crippen molar-refractivity contribution in [2.75, 3.05) is 19.6 Å². The van der Waals surface area contributed by atoms with Gasteiger partial charge in [0.1, 0.15) is 6.26 Å². The number of nitrogens with zero attached hydrogens (tertiary/aromatic N) is 1. The smallest absolute Gasteiger partial charge is 0.254 e. The Labute approximate surface area is 135 Å². The maximum Gasteiger partial charge on any atom is 0.254 e. The first-order valence-corrected chi connectivity index (χ1v) is 8.70. The second kappa shape index (κ2) is 7.11. The lowest BCUT2D eigenvalue weighted by Gasteiger charge is -2.36. The zero-order valence-corrected chi connectivity index (χ0v) is 13.6. The Kier molecular flexibility index (Phi) is 4.95. The highest BCUT2D eigenvalue weighted by Gasteiger charge is 2.25. The molecule has 2 aromatic rings. The van der Waals surface area contributed by atoms with Gasteiger partial charge in [0.25, 0.3) is 5.91 Å². The van der Waals surface area contributed by atoms with Gasteiger partial charge in [0.05, 0.1) is 17.9 Å². The maximum absolute atomic E-state index is 12.1. The second-order valence-corrected chi connectivity index (χ2v) is 6.95. The van der Waals surface area contributed by atoms with Crippen molar-refractivity contribution in [3.8, 4) is 0 Å². The van der Waals surface area contributed by atoms with Gasteiger partial charge >= 0.3 is 0 Å². The van der Waals surface area contributed by atoms with Crippen LogP contribution in [0.15, 0.2) is 40.5 Å². The summed E-state index contributed by atoms with van der Waals surface area (Å²) in [6.07, 6.45) is 5.48. The fourth-order valence-electron chi connectivity index (χ4n) is 2.92. The summed E-state index contributed by atoms with van der Waals surface area (Å²) in [5.41, 5.74) is 0.581. The molecule has 1 aliphatic rings. The molecule has 1 fully saturated rings. The highest BCUT2D eigenvalue weighted by atomic mass is 32.1. The second-order valence-electron chi connectivity index (χ2n) is 5.97. The van der Waals surface area contributed by atoms with Gasteiger partial charge in [0.15, 0.2) is 0 Å². The number of piperidine rings is 1. The molecule has 1 amide bonds. The molecule has 3 rings (SSSR count). The van der Waals surface area contributed by atoms with Crippen molar-refractivity contribution in [3.63, 3.8) is 0 Å². The molecule has 5 heteroatoms. The van der Waals surface area contributed by atoms with Crippen LogP contribution in [0.5, 0.6) is 0 Å². The van der Waals surface area contributed by atoms with Gasteiger partial charge in [0, 0.05) is 11.4 Å². The van der Waals surface area contributed by atoms with Gasteiger partial charge in [-0.05, 0) is 49.4 Å². The number of hydrogen-bond acceptors (Lipinski definition) is 4. The standard InChI is InChI=1S/C17H22N2O2S/c1-13-4-7-19(8-5-13)15(16-3-2-10-22-16)11-18-17(20)14-6-9-21-12-14/h2-3,6,9-10,12-13,15H,4-5,7-8,11H2,1H3,(H,18,20)/t15-/m0/s1. The number of furan rings is 1. The summed E-state index contributed by atoms with van der Waals surface area (Å²) in [4.78, 5) is 16.0. The molecule has 3 heterocycles. The summed E-state index contributed by atoms with van der Waals surface area (Å²) in [6, 6.07) is 6.20. The van der Waals surface area contributed by atoms with Crippen LogP contribution < -0.4 is 5.32 Å². The summed E-state index contributed by atoms with van der Waals surface area (Å²) < 4.78 is 4.97. The molecule has 0 unspecified atom stereocenters. The fourth-order valence-corrected chi connectivity index (χ4v) is 3.78. The van der Waals surface area contributed by atoms with Crippen molar-refractivity contribution in [3.05, 3.63) is 46.5 Å². The van der Waals surface area contributed by atoms with Crippen molar-refractivity contribution >= 4 is 17.2 Å². The lowest BCUT2D eigenvalue weighted by molar-refractivity contribution is 0.0914. The molecule has 0 saturated carbocycles. The third-order valence-corrected chi connectivity index (χ3v) is 5.34.